The summed E-state index contributed by atoms with van der Waals surface area (Å²) >= 11 is 0. The zero-order chi connectivity index (χ0) is 18.6. The zero-order valence-electron chi connectivity index (χ0n) is 15.7. The highest BCUT2D eigenvalue weighted by Crippen LogP contribution is 2.19. The van der Waals surface area contributed by atoms with E-state index in [4.69, 9.17) is 4.42 Å². The number of para-hydroxylation sites is 1. The van der Waals surface area contributed by atoms with Gasteiger partial charge in [-0.2, -0.15) is 0 Å². The summed E-state index contributed by atoms with van der Waals surface area (Å²) in [4.78, 5) is 22.9. The second kappa shape index (κ2) is 7.96. The number of benzene rings is 1. The van der Waals surface area contributed by atoms with Crippen LogP contribution in [-0.4, -0.2) is 40.4 Å². The summed E-state index contributed by atoms with van der Waals surface area (Å²) in [5, 5.41) is 3.09. The Hall–Kier alpha value is -2.60. The minimum absolute atomic E-state index is 0.0478. The van der Waals surface area contributed by atoms with Crippen LogP contribution in [0.15, 0.2) is 41.0 Å². The number of aromatic nitrogens is 2. The SMILES string of the molecule is Cc1cccc2[nH]c(CCNC(=O)[C@@H]3CCCN(Cc4ccco4)C3)nc12. The number of rotatable bonds is 6. The Morgan fingerprint density at radius 2 is 2.30 bits per heavy atom. The fourth-order valence-corrected chi connectivity index (χ4v) is 3.83. The molecule has 1 amide bonds. The fraction of sp³-hybridized carbons (Fsp3) is 0.429. The molecule has 1 fully saturated rings. The number of hydrogen-bond donors (Lipinski definition) is 2. The van der Waals surface area contributed by atoms with Gasteiger partial charge in [0.1, 0.15) is 11.6 Å². The van der Waals surface area contributed by atoms with Crippen LogP contribution in [0.5, 0.6) is 0 Å². The maximum absolute atomic E-state index is 12.6. The molecule has 0 unspecified atom stereocenters. The van der Waals surface area contributed by atoms with Crippen LogP contribution in [0.1, 0.15) is 30.0 Å². The number of piperidine rings is 1. The number of imidazole rings is 1. The van der Waals surface area contributed by atoms with E-state index < -0.39 is 0 Å². The predicted octanol–water partition coefficient (Wildman–Crippen LogP) is 3.04. The van der Waals surface area contributed by atoms with Crippen molar-refractivity contribution in [2.75, 3.05) is 19.6 Å². The van der Waals surface area contributed by atoms with Crippen LogP contribution in [0.25, 0.3) is 11.0 Å². The molecule has 3 heterocycles. The third kappa shape index (κ3) is 4.22. The molecule has 3 aromatic rings. The Morgan fingerprint density at radius 3 is 3.11 bits per heavy atom. The average molecular weight is 366 g/mol. The molecule has 1 aliphatic heterocycles. The summed E-state index contributed by atoms with van der Waals surface area (Å²) in [7, 11) is 0. The van der Waals surface area contributed by atoms with Gasteiger partial charge in [-0.3, -0.25) is 9.69 Å². The number of likely N-dealkylation sites (tertiary alicyclic amines) is 1. The Bertz CT molecular complexity index is 900. The lowest BCUT2D eigenvalue weighted by Gasteiger charge is -2.31. The Kier molecular flexibility index (Phi) is 5.25. The molecule has 6 heteroatoms. The van der Waals surface area contributed by atoms with Crippen molar-refractivity contribution in [2.24, 2.45) is 5.92 Å². The van der Waals surface area contributed by atoms with E-state index in [-0.39, 0.29) is 11.8 Å². The maximum atomic E-state index is 12.6. The Labute approximate surface area is 159 Å². The summed E-state index contributed by atoms with van der Waals surface area (Å²) in [6.07, 6.45) is 4.40. The third-order valence-electron chi connectivity index (χ3n) is 5.26. The van der Waals surface area contributed by atoms with Crippen LogP contribution in [-0.2, 0) is 17.8 Å². The average Bonchev–Trinajstić information content (AvgIpc) is 3.32. The maximum Gasteiger partial charge on any atom is 0.224 e. The van der Waals surface area contributed by atoms with Crippen LogP contribution in [0, 0.1) is 12.8 Å². The molecule has 2 aromatic heterocycles. The number of nitrogens with one attached hydrogen (secondary N) is 2. The van der Waals surface area contributed by atoms with Crippen LogP contribution in [0.2, 0.25) is 0 Å². The van der Waals surface area contributed by atoms with Gasteiger partial charge < -0.3 is 14.7 Å². The molecule has 0 spiro atoms. The number of hydrogen-bond acceptors (Lipinski definition) is 4. The molecule has 1 saturated heterocycles. The molecule has 6 nitrogen and oxygen atoms in total. The summed E-state index contributed by atoms with van der Waals surface area (Å²) in [6.45, 7) is 5.24. The lowest BCUT2D eigenvalue weighted by atomic mass is 9.97. The van der Waals surface area contributed by atoms with E-state index in [9.17, 15) is 4.79 Å². The van der Waals surface area contributed by atoms with Crippen LogP contribution in [0.3, 0.4) is 0 Å². The van der Waals surface area contributed by atoms with Gasteiger partial charge in [0.2, 0.25) is 5.91 Å². The van der Waals surface area contributed by atoms with Gasteiger partial charge in [-0.1, -0.05) is 12.1 Å². The molecule has 1 atom stereocenters. The highest BCUT2D eigenvalue weighted by molar-refractivity contribution is 5.79. The highest BCUT2D eigenvalue weighted by atomic mass is 16.3. The number of aromatic amines is 1. The number of nitrogens with zero attached hydrogens (tertiary/aromatic N) is 2. The van der Waals surface area contributed by atoms with Gasteiger partial charge in [-0.25, -0.2) is 4.98 Å². The van der Waals surface area contributed by atoms with E-state index in [0.29, 0.717) is 13.0 Å². The van der Waals surface area contributed by atoms with Crippen molar-refractivity contribution in [3.63, 3.8) is 0 Å². The molecule has 0 saturated carbocycles. The number of H-pyrrole nitrogens is 1. The van der Waals surface area contributed by atoms with Crippen molar-refractivity contribution < 1.29 is 9.21 Å². The van der Waals surface area contributed by atoms with Crippen LogP contribution in [0.4, 0.5) is 0 Å². The number of amides is 1. The smallest absolute Gasteiger partial charge is 0.224 e. The van der Waals surface area contributed by atoms with Crippen molar-refractivity contribution in [3.05, 3.63) is 53.7 Å². The first-order chi connectivity index (χ1) is 13.2. The van der Waals surface area contributed by atoms with E-state index in [0.717, 1.165) is 60.7 Å². The summed E-state index contributed by atoms with van der Waals surface area (Å²) in [5.41, 5.74) is 3.23. The molecule has 142 valence electrons. The van der Waals surface area contributed by atoms with Gasteiger partial charge in [0, 0.05) is 19.5 Å². The summed E-state index contributed by atoms with van der Waals surface area (Å²) in [6, 6.07) is 10.0. The Balaban J connectivity index is 1.27. The summed E-state index contributed by atoms with van der Waals surface area (Å²) in [5.74, 6) is 2.07. The standard InChI is InChI=1S/C21H26N4O2/c1-15-5-2-8-18-20(15)24-19(23-18)9-10-22-21(26)16-6-3-11-25(13-16)14-17-7-4-12-27-17/h2,4-5,7-8,12,16H,3,6,9-11,13-14H2,1H3,(H,22,26)(H,23,24)/t16-/m1/s1. The molecular weight excluding hydrogens is 340 g/mol. The topological polar surface area (TPSA) is 74.2 Å². The molecule has 27 heavy (non-hydrogen) atoms. The van der Waals surface area contributed by atoms with Crippen molar-refractivity contribution in [3.8, 4) is 0 Å². The first-order valence-electron chi connectivity index (χ1n) is 9.66. The number of fused-ring (bicyclic) bond motifs is 1. The van der Waals surface area contributed by atoms with Crippen molar-refractivity contribution >= 4 is 16.9 Å². The number of aryl methyl sites for hydroxylation is 1. The summed E-state index contributed by atoms with van der Waals surface area (Å²) < 4.78 is 5.43. The number of carbonyl (C=O) groups is 1. The quantitative estimate of drug-likeness (QED) is 0.703. The van der Waals surface area contributed by atoms with E-state index in [2.05, 4.69) is 33.2 Å². The second-order valence-corrected chi connectivity index (χ2v) is 7.35. The van der Waals surface area contributed by atoms with E-state index >= 15 is 0 Å². The molecule has 1 aromatic carbocycles. The van der Waals surface area contributed by atoms with Crippen molar-refractivity contribution in [1.82, 2.24) is 20.2 Å². The monoisotopic (exact) mass is 366 g/mol. The zero-order valence-corrected chi connectivity index (χ0v) is 15.7. The first-order valence-corrected chi connectivity index (χ1v) is 9.66. The molecule has 0 radical (unpaired) electrons. The van der Waals surface area contributed by atoms with Crippen LogP contribution < -0.4 is 5.32 Å². The molecule has 0 aliphatic carbocycles. The fourth-order valence-electron chi connectivity index (χ4n) is 3.83. The van der Waals surface area contributed by atoms with Gasteiger partial charge in [0.15, 0.2) is 0 Å². The van der Waals surface area contributed by atoms with Gasteiger partial charge in [-0.05, 0) is 50.1 Å². The number of furan rings is 1. The predicted molar refractivity (Wildman–Crippen MR) is 104 cm³/mol. The van der Waals surface area contributed by atoms with Gasteiger partial charge in [-0.15, -0.1) is 0 Å². The molecule has 4 rings (SSSR count). The van der Waals surface area contributed by atoms with Gasteiger partial charge in [0.05, 0.1) is 29.8 Å². The molecular formula is C21H26N4O2. The minimum atomic E-state index is 0.0478. The lowest BCUT2D eigenvalue weighted by Crippen LogP contribution is -2.43. The molecule has 0 bridgehead atoms. The van der Waals surface area contributed by atoms with Crippen molar-refractivity contribution in [1.29, 1.82) is 0 Å². The first kappa shape index (κ1) is 17.8. The number of carbonyl (C=O) groups excluding carboxylic acids is 1. The highest BCUT2D eigenvalue weighted by Gasteiger charge is 2.26. The normalized spacial score (nSPS) is 18.0. The minimum Gasteiger partial charge on any atom is -0.468 e. The van der Waals surface area contributed by atoms with Crippen LogP contribution >= 0.6 is 0 Å². The Morgan fingerprint density at radius 1 is 1.37 bits per heavy atom. The largest absolute Gasteiger partial charge is 0.468 e. The second-order valence-electron chi connectivity index (χ2n) is 7.35. The molecule has 1 aliphatic rings. The van der Waals surface area contributed by atoms with E-state index in [1.165, 1.54) is 0 Å². The molecule has 2 N–H and O–H groups in total. The third-order valence-corrected chi connectivity index (χ3v) is 5.26. The van der Waals surface area contributed by atoms with E-state index in [1.807, 2.05) is 24.3 Å². The lowest BCUT2D eigenvalue weighted by molar-refractivity contribution is -0.126. The van der Waals surface area contributed by atoms with E-state index in [1.54, 1.807) is 6.26 Å². The van der Waals surface area contributed by atoms with Crippen molar-refractivity contribution in [2.45, 2.75) is 32.7 Å². The van der Waals surface area contributed by atoms with Gasteiger partial charge >= 0.3 is 0 Å². The van der Waals surface area contributed by atoms with Gasteiger partial charge in [0.25, 0.3) is 0 Å².